The first-order valence-corrected chi connectivity index (χ1v) is 6.17. The second-order valence-electron chi connectivity index (χ2n) is 4.27. The minimum Gasteiger partial charge on any atom is -0.384 e. The van der Waals surface area contributed by atoms with Gasteiger partial charge in [-0.15, -0.1) is 0 Å². The highest BCUT2D eigenvalue weighted by atomic mass is 19.3. The molecule has 1 aromatic carbocycles. The first kappa shape index (κ1) is 13.7. The van der Waals surface area contributed by atoms with Crippen molar-refractivity contribution in [2.45, 2.75) is 12.8 Å². The van der Waals surface area contributed by atoms with Gasteiger partial charge in [0, 0.05) is 24.3 Å². The number of ether oxygens (including phenoxy) is 1. The minimum atomic E-state index is -2.47. The first-order chi connectivity index (χ1) is 9.16. The number of rotatable bonds is 6. The number of carbonyl (C=O) groups is 1. The average Bonchev–Trinajstić information content (AvgIpc) is 2.84. The van der Waals surface area contributed by atoms with Gasteiger partial charge in [-0.1, -0.05) is 6.07 Å². The quantitative estimate of drug-likeness (QED) is 0.773. The van der Waals surface area contributed by atoms with E-state index in [-0.39, 0.29) is 19.1 Å². The largest absolute Gasteiger partial charge is 0.384 e. The van der Waals surface area contributed by atoms with E-state index in [1.807, 2.05) is 6.07 Å². The summed E-state index contributed by atoms with van der Waals surface area (Å²) in [7, 11) is 0. The second-order valence-corrected chi connectivity index (χ2v) is 4.27. The van der Waals surface area contributed by atoms with Crippen LogP contribution >= 0.6 is 0 Å². The first-order valence-electron chi connectivity index (χ1n) is 6.17. The molecule has 1 heterocycles. The highest BCUT2D eigenvalue weighted by molar-refractivity contribution is 5.95. The maximum absolute atomic E-state index is 11.8. The van der Waals surface area contributed by atoms with Gasteiger partial charge in [-0.05, 0) is 24.1 Å². The topological polar surface area (TPSA) is 50.4 Å². The van der Waals surface area contributed by atoms with Crippen LogP contribution in [0.1, 0.15) is 15.9 Å². The Labute approximate surface area is 110 Å². The van der Waals surface area contributed by atoms with Crippen molar-refractivity contribution in [1.82, 2.24) is 5.32 Å². The van der Waals surface area contributed by atoms with E-state index in [9.17, 15) is 13.6 Å². The van der Waals surface area contributed by atoms with Gasteiger partial charge in [0.15, 0.2) is 0 Å². The number of benzene rings is 1. The van der Waals surface area contributed by atoms with Gasteiger partial charge in [0.2, 0.25) is 0 Å². The van der Waals surface area contributed by atoms with Crippen molar-refractivity contribution in [3.05, 3.63) is 29.3 Å². The molecule has 2 N–H and O–H groups in total. The molecule has 1 aliphatic heterocycles. The average molecular weight is 270 g/mol. The van der Waals surface area contributed by atoms with E-state index in [0.29, 0.717) is 5.56 Å². The molecule has 2 rings (SSSR count). The number of hydrogen-bond donors (Lipinski definition) is 2. The Bertz CT molecular complexity index is 452. The number of alkyl halides is 2. The molecule has 0 aromatic heterocycles. The van der Waals surface area contributed by atoms with Crippen LogP contribution < -0.4 is 10.6 Å². The van der Waals surface area contributed by atoms with E-state index in [0.717, 1.165) is 18.7 Å². The normalized spacial score (nSPS) is 13.2. The van der Waals surface area contributed by atoms with Gasteiger partial charge < -0.3 is 15.4 Å². The predicted molar refractivity (Wildman–Crippen MR) is 67.8 cm³/mol. The van der Waals surface area contributed by atoms with Crippen LogP contribution in [0.2, 0.25) is 0 Å². The molecule has 0 fully saturated rings. The fourth-order valence-electron chi connectivity index (χ4n) is 1.94. The summed E-state index contributed by atoms with van der Waals surface area (Å²) < 4.78 is 28.3. The molecule has 1 amide bonds. The number of fused-ring (bicyclic) bond motifs is 1. The Kier molecular flexibility index (Phi) is 4.68. The van der Waals surface area contributed by atoms with Crippen LogP contribution in [0, 0.1) is 0 Å². The zero-order chi connectivity index (χ0) is 13.7. The summed E-state index contributed by atoms with van der Waals surface area (Å²) in [4.78, 5) is 11.8. The third kappa shape index (κ3) is 3.89. The smallest absolute Gasteiger partial charge is 0.261 e. The Morgan fingerprint density at radius 2 is 2.32 bits per heavy atom. The zero-order valence-electron chi connectivity index (χ0n) is 10.4. The lowest BCUT2D eigenvalue weighted by Crippen LogP contribution is -2.27. The SMILES string of the molecule is O=C(NCCOCC(F)F)c1ccc2c(c1)NCC2. The molecule has 104 valence electrons. The number of halogens is 2. The van der Waals surface area contributed by atoms with Crippen molar-refractivity contribution in [3.8, 4) is 0 Å². The number of anilines is 1. The van der Waals surface area contributed by atoms with Crippen LogP contribution in [-0.4, -0.2) is 38.6 Å². The molecule has 0 saturated carbocycles. The lowest BCUT2D eigenvalue weighted by Gasteiger charge is -2.07. The lowest BCUT2D eigenvalue weighted by atomic mass is 10.1. The van der Waals surface area contributed by atoms with Crippen LogP contribution in [0.25, 0.3) is 0 Å². The minimum absolute atomic E-state index is 0.0826. The van der Waals surface area contributed by atoms with E-state index in [1.54, 1.807) is 12.1 Å². The zero-order valence-corrected chi connectivity index (χ0v) is 10.4. The van der Waals surface area contributed by atoms with Crippen LogP contribution in [0.4, 0.5) is 14.5 Å². The Morgan fingerprint density at radius 3 is 3.11 bits per heavy atom. The molecule has 0 spiro atoms. The summed E-state index contributed by atoms with van der Waals surface area (Å²) in [5, 5.41) is 5.82. The summed E-state index contributed by atoms with van der Waals surface area (Å²) in [6.07, 6.45) is -1.50. The molecule has 0 bridgehead atoms. The molecule has 0 unspecified atom stereocenters. The molecule has 0 saturated heterocycles. The van der Waals surface area contributed by atoms with E-state index in [4.69, 9.17) is 0 Å². The Hall–Kier alpha value is -1.69. The van der Waals surface area contributed by atoms with Crippen molar-refractivity contribution in [3.63, 3.8) is 0 Å². The van der Waals surface area contributed by atoms with Crippen LogP contribution in [0.3, 0.4) is 0 Å². The molecular weight excluding hydrogens is 254 g/mol. The highest BCUT2D eigenvalue weighted by Gasteiger charge is 2.13. The van der Waals surface area contributed by atoms with Crippen LogP contribution in [0.15, 0.2) is 18.2 Å². The fraction of sp³-hybridized carbons (Fsp3) is 0.462. The van der Waals surface area contributed by atoms with Crippen molar-refractivity contribution in [2.24, 2.45) is 0 Å². The molecule has 19 heavy (non-hydrogen) atoms. The molecule has 1 aromatic rings. The summed E-state index contributed by atoms with van der Waals surface area (Å²) in [5.74, 6) is -0.225. The number of amides is 1. The maximum atomic E-state index is 11.8. The molecule has 1 aliphatic rings. The number of nitrogens with one attached hydrogen (secondary N) is 2. The van der Waals surface area contributed by atoms with Gasteiger partial charge in [-0.3, -0.25) is 4.79 Å². The van der Waals surface area contributed by atoms with Crippen LogP contribution in [-0.2, 0) is 11.2 Å². The number of hydrogen-bond acceptors (Lipinski definition) is 3. The van der Waals surface area contributed by atoms with Crippen molar-refractivity contribution < 1.29 is 18.3 Å². The van der Waals surface area contributed by atoms with Gasteiger partial charge in [0.25, 0.3) is 12.3 Å². The monoisotopic (exact) mass is 270 g/mol. The fourth-order valence-corrected chi connectivity index (χ4v) is 1.94. The summed E-state index contributed by atoms with van der Waals surface area (Å²) in [5.41, 5.74) is 2.75. The van der Waals surface area contributed by atoms with E-state index >= 15 is 0 Å². The summed E-state index contributed by atoms with van der Waals surface area (Å²) in [6, 6.07) is 5.50. The van der Waals surface area contributed by atoms with Crippen LogP contribution in [0.5, 0.6) is 0 Å². The summed E-state index contributed by atoms with van der Waals surface area (Å²) >= 11 is 0. The predicted octanol–water partition coefficient (Wildman–Crippen LogP) is 1.67. The highest BCUT2D eigenvalue weighted by Crippen LogP contribution is 2.22. The molecule has 4 nitrogen and oxygen atoms in total. The van der Waals surface area contributed by atoms with Crippen molar-refractivity contribution >= 4 is 11.6 Å². The molecule has 0 atom stereocenters. The van der Waals surface area contributed by atoms with Gasteiger partial charge in [0.1, 0.15) is 6.61 Å². The molecular formula is C13H16F2N2O2. The van der Waals surface area contributed by atoms with Gasteiger partial charge in [-0.2, -0.15) is 0 Å². The van der Waals surface area contributed by atoms with Crippen molar-refractivity contribution in [1.29, 1.82) is 0 Å². The Morgan fingerprint density at radius 1 is 1.47 bits per heavy atom. The standard InChI is InChI=1S/C13H16F2N2O2/c14-12(15)8-19-6-5-17-13(18)10-2-1-9-3-4-16-11(9)7-10/h1-2,7,12,16H,3-6,8H2,(H,17,18). The van der Waals surface area contributed by atoms with Crippen molar-refractivity contribution in [2.75, 3.05) is 31.6 Å². The molecule has 0 aliphatic carbocycles. The van der Waals surface area contributed by atoms with Gasteiger partial charge in [-0.25, -0.2) is 8.78 Å². The maximum Gasteiger partial charge on any atom is 0.261 e. The molecule has 0 radical (unpaired) electrons. The second kappa shape index (κ2) is 6.47. The van der Waals surface area contributed by atoms with Gasteiger partial charge >= 0.3 is 0 Å². The van der Waals surface area contributed by atoms with Gasteiger partial charge in [0.05, 0.1) is 6.61 Å². The summed E-state index contributed by atoms with van der Waals surface area (Å²) in [6.45, 7) is 0.593. The number of carbonyl (C=O) groups excluding carboxylic acids is 1. The third-order valence-electron chi connectivity index (χ3n) is 2.86. The van der Waals surface area contributed by atoms with E-state index in [1.165, 1.54) is 5.56 Å². The van der Waals surface area contributed by atoms with E-state index < -0.39 is 13.0 Å². The van der Waals surface area contributed by atoms with E-state index in [2.05, 4.69) is 15.4 Å². The third-order valence-corrected chi connectivity index (χ3v) is 2.86. The lowest BCUT2D eigenvalue weighted by molar-refractivity contribution is 0.0188. The Balaban J connectivity index is 1.77. The molecule has 6 heteroatoms.